The van der Waals surface area contributed by atoms with E-state index in [0.717, 1.165) is 22.6 Å². The van der Waals surface area contributed by atoms with Crippen LogP contribution >= 0.6 is 35.0 Å². The minimum Gasteiger partial charge on any atom is -0.323 e. The second-order valence-electron chi connectivity index (χ2n) is 5.13. The number of alkyl halides is 1. The van der Waals surface area contributed by atoms with Crippen LogP contribution < -0.4 is 0 Å². The molecule has 3 rings (SSSR count). The molecule has 108 valence electrons. The summed E-state index contributed by atoms with van der Waals surface area (Å²) in [5.74, 6) is 2.54. The van der Waals surface area contributed by atoms with E-state index < -0.39 is 0 Å². The van der Waals surface area contributed by atoms with Gasteiger partial charge >= 0.3 is 0 Å². The van der Waals surface area contributed by atoms with E-state index >= 15 is 0 Å². The van der Waals surface area contributed by atoms with Gasteiger partial charge in [-0.05, 0) is 30.7 Å². The van der Waals surface area contributed by atoms with E-state index in [1.165, 1.54) is 19.3 Å². The summed E-state index contributed by atoms with van der Waals surface area (Å²) in [5, 5.41) is 1.38. The van der Waals surface area contributed by atoms with Crippen molar-refractivity contribution in [1.29, 1.82) is 0 Å². The van der Waals surface area contributed by atoms with Crippen LogP contribution in [0.15, 0.2) is 18.2 Å². The second-order valence-corrected chi connectivity index (χ2v) is 7.32. The summed E-state index contributed by atoms with van der Waals surface area (Å²) in [5.41, 5.74) is 2.01. The molecule has 1 saturated carbocycles. The summed E-state index contributed by atoms with van der Waals surface area (Å²) in [4.78, 5) is 4.66. The van der Waals surface area contributed by atoms with Crippen LogP contribution in [0.4, 0.5) is 0 Å². The number of fused-ring (bicyclic) bond motifs is 1. The lowest BCUT2D eigenvalue weighted by atomic mass is 10.2. The third kappa shape index (κ3) is 2.44. The highest BCUT2D eigenvalue weighted by Crippen LogP contribution is 2.41. The zero-order valence-corrected chi connectivity index (χ0v) is 13.8. The van der Waals surface area contributed by atoms with Gasteiger partial charge in [0, 0.05) is 11.3 Å². The van der Waals surface area contributed by atoms with E-state index in [1.54, 1.807) is 0 Å². The Labute approximate surface area is 133 Å². The maximum atomic E-state index is 6.28. The predicted molar refractivity (Wildman–Crippen MR) is 89.1 cm³/mol. The molecule has 2 atom stereocenters. The van der Waals surface area contributed by atoms with Gasteiger partial charge in [-0.2, -0.15) is 11.8 Å². The van der Waals surface area contributed by atoms with Gasteiger partial charge < -0.3 is 4.57 Å². The number of benzene rings is 1. The lowest BCUT2D eigenvalue weighted by Gasteiger charge is -2.22. The molecule has 1 aromatic heterocycles. The highest BCUT2D eigenvalue weighted by molar-refractivity contribution is 7.99. The van der Waals surface area contributed by atoms with Gasteiger partial charge in [0.25, 0.3) is 0 Å². The summed E-state index contributed by atoms with van der Waals surface area (Å²) >= 11 is 14.5. The molecule has 2 aromatic rings. The van der Waals surface area contributed by atoms with Gasteiger partial charge in [0.1, 0.15) is 11.3 Å². The van der Waals surface area contributed by atoms with Gasteiger partial charge in [-0.3, -0.25) is 0 Å². The Bertz CT molecular complexity index is 611. The normalized spacial score (nSPS) is 22.8. The van der Waals surface area contributed by atoms with Crippen molar-refractivity contribution < 1.29 is 0 Å². The van der Waals surface area contributed by atoms with E-state index in [-0.39, 0.29) is 0 Å². The standard InChI is InChI=1S/C15H18Cl2N2S/c1-2-20-13-8-4-6-11(13)19-12-7-3-5-10(17)15(12)18-14(19)9-16/h3,5,7,11,13H,2,4,6,8-9H2,1H3. The van der Waals surface area contributed by atoms with Gasteiger partial charge in [-0.15, -0.1) is 11.6 Å². The molecule has 0 amide bonds. The van der Waals surface area contributed by atoms with Crippen LogP contribution in [-0.4, -0.2) is 20.6 Å². The van der Waals surface area contributed by atoms with Gasteiger partial charge in [-0.1, -0.05) is 31.0 Å². The first-order chi connectivity index (χ1) is 9.76. The minimum atomic E-state index is 0.436. The quantitative estimate of drug-likeness (QED) is 0.711. The topological polar surface area (TPSA) is 17.8 Å². The summed E-state index contributed by atoms with van der Waals surface area (Å²) in [7, 11) is 0. The molecule has 1 heterocycles. The maximum Gasteiger partial charge on any atom is 0.125 e. The fourth-order valence-corrected chi connectivity index (χ4v) is 4.85. The Morgan fingerprint density at radius 3 is 3.00 bits per heavy atom. The van der Waals surface area contributed by atoms with Crippen molar-refractivity contribution in [3.8, 4) is 0 Å². The highest BCUT2D eigenvalue weighted by atomic mass is 35.5. The van der Waals surface area contributed by atoms with Crippen LogP contribution in [0.5, 0.6) is 0 Å². The van der Waals surface area contributed by atoms with Crippen LogP contribution in [0.1, 0.15) is 38.1 Å². The lowest BCUT2D eigenvalue weighted by Crippen LogP contribution is -2.18. The second kappa shape index (κ2) is 6.17. The van der Waals surface area contributed by atoms with Crippen molar-refractivity contribution in [2.24, 2.45) is 0 Å². The molecule has 1 aromatic carbocycles. The van der Waals surface area contributed by atoms with Crippen LogP contribution in [0.2, 0.25) is 5.02 Å². The fraction of sp³-hybridized carbons (Fsp3) is 0.533. The van der Waals surface area contributed by atoms with Crippen molar-refractivity contribution in [1.82, 2.24) is 9.55 Å². The van der Waals surface area contributed by atoms with E-state index in [9.17, 15) is 0 Å². The predicted octanol–water partition coefficient (Wildman–Crippen LogP) is 5.28. The van der Waals surface area contributed by atoms with E-state index in [0.29, 0.717) is 22.2 Å². The number of thioether (sulfide) groups is 1. The molecule has 1 aliphatic carbocycles. The number of rotatable bonds is 4. The molecule has 20 heavy (non-hydrogen) atoms. The molecule has 5 heteroatoms. The van der Waals surface area contributed by atoms with Crippen LogP contribution in [0.25, 0.3) is 11.0 Å². The van der Waals surface area contributed by atoms with E-state index in [4.69, 9.17) is 23.2 Å². The summed E-state index contributed by atoms with van der Waals surface area (Å²) < 4.78 is 2.34. The Balaban J connectivity index is 2.12. The molecule has 0 saturated heterocycles. The first-order valence-corrected chi connectivity index (χ1v) is 9.05. The van der Waals surface area contributed by atoms with Crippen LogP contribution in [0, 0.1) is 0 Å². The third-order valence-corrected chi connectivity index (χ3v) is 5.85. The van der Waals surface area contributed by atoms with Gasteiger partial charge in [0.2, 0.25) is 0 Å². The molecule has 0 N–H and O–H groups in total. The highest BCUT2D eigenvalue weighted by Gasteiger charge is 2.31. The van der Waals surface area contributed by atoms with Gasteiger partial charge in [0.05, 0.1) is 16.4 Å². The molecule has 1 fully saturated rings. The third-order valence-electron chi connectivity index (χ3n) is 3.99. The number of halogens is 2. The SMILES string of the molecule is CCSC1CCCC1n1c(CCl)nc2c(Cl)cccc21. The monoisotopic (exact) mass is 328 g/mol. The molecule has 0 radical (unpaired) electrons. The molecule has 0 bridgehead atoms. The van der Waals surface area contributed by atoms with Crippen molar-refractivity contribution >= 4 is 46.0 Å². The fourth-order valence-electron chi connectivity index (χ4n) is 3.21. The molecular weight excluding hydrogens is 311 g/mol. The zero-order chi connectivity index (χ0) is 14.1. The maximum absolute atomic E-state index is 6.28. The van der Waals surface area contributed by atoms with Crippen molar-refractivity contribution in [3.05, 3.63) is 29.0 Å². The largest absolute Gasteiger partial charge is 0.323 e. The Morgan fingerprint density at radius 1 is 1.40 bits per heavy atom. The molecule has 0 spiro atoms. The minimum absolute atomic E-state index is 0.436. The number of imidazole rings is 1. The van der Waals surface area contributed by atoms with E-state index in [1.807, 2.05) is 12.1 Å². The van der Waals surface area contributed by atoms with Crippen LogP contribution in [0.3, 0.4) is 0 Å². The Morgan fingerprint density at radius 2 is 2.25 bits per heavy atom. The van der Waals surface area contributed by atoms with Crippen molar-refractivity contribution in [2.75, 3.05) is 5.75 Å². The summed E-state index contributed by atoms with van der Waals surface area (Å²) in [6.45, 7) is 2.23. The Kier molecular flexibility index (Phi) is 4.49. The first-order valence-electron chi connectivity index (χ1n) is 7.09. The number of hydrogen-bond acceptors (Lipinski definition) is 2. The average molecular weight is 329 g/mol. The van der Waals surface area contributed by atoms with Gasteiger partial charge in [-0.25, -0.2) is 4.98 Å². The summed E-state index contributed by atoms with van der Waals surface area (Å²) in [6, 6.07) is 6.50. The van der Waals surface area contributed by atoms with Crippen LogP contribution in [-0.2, 0) is 5.88 Å². The smallest absolute Gasteiger partial charge is 0.125 e. The van der Waals surface area contributed by atoms with E-state index in [2.05, 4.69) is 34.3 Å². The zero-order valence-electron chi connectivity index (χ0n) is 11.5. The molecule has 2 unspecified atom stereocenters. The number of nitrogens with zero attached hydrogens (tertiary/aromatic N) is 2. The Hall–Kier alpha value is -0.380. The number of para-hydroxylation sites is 1. The summed E-state index contributed by atoms with van der Waals surface area (Å²) in [6.07, 6.45) is 3.77. The van der Waals surface area contributed by atoms with Crippen molar-refractivity contribution in [3.63, 3.8) is 0 Å². The number of hydrogen-bond donors (Lipinski definition) is 0. The average Bonchev–Trinajstić information content (AvgIpc) is 3.03. The molecular formula is C15H18Cl2N2S. The number of aromatic nitrogens is 2. The lowest BCUT2D eigenvalue weighted by molar-refractivity contribution is 0.527. The first kappa shape index (κ1) is 14.6. The molecule has 1 aliphatic rings. The van der Waals surface area contributed by atoms with Crippen molar-refractivity contribution in [2.45, 2.75) is 43.4 Å². The molecule has 0 aliphatic heterocycles. The molecule has 2 nitrogen and oxygen atoms in total. The van der Waals surface area contributed by atoms with Gasteiger partial charge in [0.15, 0.2) is 0 Å².